The topological polar surface area (TPSA) is 113 Å². The number of aliphatic imine (C=N–C) groups is 1. The maximum absolute atomic E-state index is 11.7. The molecule has 1 aromatic heterocycles. The second-order valence-electron chi connectivity index (χ2n) is 3.60. The fourth-order valence-corrected chi connectivity index (χ4v) is 2.49. The van der Waals surface area contributed by atoms with Crippen molar-refractivity contribution in [3.05, 3.63) is 17.7 Å². The Morgan fingerprint density at radius 2 is 2.35 bits per heavy atom. The van der Waals surface area contributed by atoms with E-state index in [0.29, 0.717) is 5.69 Å². The van der Waals surface area contributed by atoms with Gasteiger partial charge < -0.3 is 16.0 Å². The van der Waals surface area contributed by atoms with Crippen molar-refractivity contribution in [2.24, 2.45) is 10.7 Å². The van der Waals surface area contributed by atoms with Gasteiger partial charge in [0, 0.05) is 19.3 Å². The first-order chi connectivity index (χ1) is 7.94. The Balaban J connectivity index is 2.50. The third-order valence-electron chi connectivity index (χ3n) is 2.25. The Kier molecular flexibility index (Phi) is 4.50. The van der Waals surface area contributed by atoms with E-state index in [1.807, 2.05) is 0 Å². The van der Waals surface area contributed by atoms with Gasteiger partial charge in [-0.15, -0.1) is 0 Å². The van der Waals surface area contributed by atoms with Crippen molar-refractivity contribution >= 4 is 15.8 Å². The van der Waals surface area contributed by atoms with Crippen LogP contribution in [-0.4, -0.2) is 43.7 Å². The Labute approximate surface area is 100 Å². The number of H-pyrrole nitrogens is 1. The monoisotopic (exact) mass is 259 g/mol. The lowest BCUT2D eigenvalue weighted by molar-refractivity contribution is 0.593. The van der Waals surface area contributed by atoms with Crippen LogP contribution in [0.15, 0.2) is 11.3 Å². The minimum atomic E-state index is -3.19. The van der Waals surface area contributed by atoms with E-state index in [-0.39, 0.29) is 24.0 Å². The molecule has 0 aliphatic carbocycles. The number of nitrogens with zero attached hydrogens (tertiary/aromatic N) is 2. The molecule has 4 N–H and O–H groups in total. The zero-order valence-corrected chi connectivity index (χ0v) is 10.7. The molecule has 0 aromatic carbocycles. The summed E-state index contributed by atoms with van der Waals surface area (Å²) >= 11 is 0. The second-order valence-corrected chi connectivity index (χ2v) is 5.79. The first kappa shape index (κ1) is 13.5. The molecule has 0 aliphatic heterocycles. The van der Waals surface area contributed by atoms with Crippen LogP contribution < -0.4 is 11.1 Å². The van der Waals surface area contributed by atoms with E-state index in [9.17, 15) is 8.42 Å². The first-order valence-corrected chi connectivity index (χ1v) is 6.92. The van der Waals surface area contributed by atoms with Crippen molar-refractivity contribution in [3.63, 3.8) is 0 Å². The molecule has 0 atom stereocenters. The van der Waals surface area contributed by atoms with Gasteiger partial charge in [0.25, 0.3) is 0 Å². The average Bonchev–Trinajstić information content (AvgIpc) is 2.63. The summed E-state index contributed by atoms with van der Waals surface area (Å²) in [6, 6.07) is 0. The molecule has 8 heteroatoms. The van der Waals surface area contributed by atoms with Gasteiger partial charge in [-0.05, 0) is 6.92 Å². The third-order valence-corrected chi connectivity index (χ3v) is 3.79. The van der Waals surface area contributed by atoms with Crippen LogP contribution in [0.5, 0.6) is 0 Å². The summed E-state index contributed by atoms with van der Waals surface area (Å²) in [7, 11) is -1.65. The van der Waals surface area contributed by atoms with Crippen molar-refractivity contribution in [2.75, 3.05) is 19.3 Å². The van der Waals surface area contributed by atoms with E-state index < -0.39 is 9.84 Å². The van der Waals surface area contributed by atoms with Crippen LogP contribution in [0.1, 0.15) is 11.4 Å². The molecule has 0 aliphatic rings. The van der Waals surface area contributed by atoms with Crippen molar-refractivity contribution in [2.45, 2.75) is 12.7 Å². The Morgan fingerprint density at radius 1 is 1.65 bits per heavy atom. The molecular weight excluding hydrogens is 242 g/mol. The lowest BCUT2D eigenvalue weighted by Crippen LogP contribution is -2.35. The average molecular weight is 259 g/mol. The number of aryl methyl sites for hydroxylation is 1. The highest BCUT2D eigenvalue weighted by molar-refractivity contribution is 7.90. The number of aromatic amines is 1. The Hall–Kier alpha value is -1.57. The molecule has 1 aromatic rings. The molecule has 0 bridgehead atoms. The molecule has 7 nitrogen and oxygen atoms in total. The summed E-state index contributed by atoms with van der Waals surface area (Å²) in [5.74, 6) is 0.166. The van der Waals surface area contributed by atoms with Crippen LogP contribution >= 0.6 is 0 Å². The lowest BCUT2D eigenvalue weighted by atomic mass is 10.4. The van der Waals surface area contributed by atoms with E-state index in [1.54, 1.807) is 6.92 Å². The van der Waals surface area contributed by atoms with Crippen LogP contribution in [0.3, 0.4) is 0 Å². The molecule has 0 saturated heterocycles. The van der Waals surface area contributed by atoms with Crippen LogP contribution in [0.2, 0.25) is 0 Å². The van der Waals surface area contributed by atoms with Gasteiger partial charge in [0.15, 0.2) is 15.8 Å². The minimum Gasteiger partial charge on any atom is -0.370 e. The number of nitrogens with one attached hydrogen (secondary N) is 2. The number of nitrogens with two attached hydrogens (primary N) is 1. The van der Waals surface area contributed by atoms with Crippen molar-refractivity contribution < 1.29 is 8.42 Å². The number of imidazole rings is 1. The quantitative estimate of drug-likeness (QED) is 0.471. The van der Waals surface area contributed by atoms with Gasteiger partial charge in [-0.3, -0.25) is 4.99 Å². The van der Waals surface area contributed by atoms with Crippen molar-refractivity contribution in [3.8, 4) is 0 Å². The summed E-state index contributed by atoms with van der Waals surface area (Å²) in [6.45, 7) is 2.03. The predicted molar refractivity (Wildman–Crippen MR) is 66.4 cm³/mol. The predicted octanol–water partition coefficient (Wildman–Crippen LogP) is -0.833. The van der Waals surface area contributed by atoms with Gasteiger partial charge in [-0.25, -0.2) is 13.4 Å². The second kappa shape index (κ2) is 5.67. The Bertz CT molecular complexity index is 491. The van der Waals surface area contributed by atoms with Crippen LogP contribution in [0.4, 0.5) is 0 Å². The number of aromatic nitrogens is 2. The highest BCUT2D eigenvalue weighted by Gasteiger charge is 2.14. The summed E-state index contributed by atoms with van der Waals surface area (Å²) in [6.07, 6.45) is 1.49. The molecule has 0 spiro atoms. The molecule has 17 heavy (non-hydrogen) atoms. The number of hydrogen-bond acceptors (Lipinski definition) is 4. The molecule has 0 fully saturated rings. The zero-order valence-electron chi connectivity index (χ0n) is 9.90. The maximum Gasteiger partial charge on any atom is 0.188 e. The number of hydrogen-bond donors (Lipinski definition) is 3. The van der Waals surface area contributed by atoms with Gasteiger partial charge in [0.2, 0.25) is 0 Å². The first-order valence-electron chi connectivity index (χ1n) is 5.10. The lowest BCUT2D eigenvalue weighted by Gasteiger charge is -2.05. The van der Waals surface area contributed by atoms with Crippen LogP contribution in [-0.2, 0) is 15.6 Å². The molecular formula is C9H17N5O2S. The van der Waals surface area contributed by atoms with Crippen molar-refractivity contribution in [1.29, 1.82) is 0 Å². The Morgan fingerprint density at radius 3 is 2.88 bits per heavy atom. The van der Waals surface area contributed by atoms with Crippen LogP contribution in [0, 0.1) is 6.92 Å². The smallest absolute Gasteiger partial charge is 0.188 e. The fraction of sp³-hybridized carbons (Fsp3) is 0.556. The van der Waals surface area contributed by atoms with Gasteiger partial charge in [0.1, 0.15) is 0 Å². The minimum absolute atomic E-state index is 0.00444. The summed E-state index contributed by atoms with van der Waals surface area (Å²) in [4.78, 5) is 10.5. The van der Waals surface area contributed by atoms with E-state index in [1.165, 1.54) is 13.4 Å². The molecule has 1 heterocycles. The van der Waals surface area contributed by atoms with Crippen LogP contribution in [0.25, 0.3) is 0 Å². The number of rotatable bonds is 5. The van der Waals surface area contributed by atoms with E-state index >= 15 is 0 Å². The van der Waals surface area contributed by atoms with E-state index in [0.717, 1.165) is 5.69 Å². The molecule has 0 amide bonds. The van der Waals surface area contributed by atoms with E-state index in [2.05, 4.69) is 20.3 Å². The van der Waals surface area contributed by atoms with E-state index in [4.69, 9.17) is 5.73 Å². The normalized spacial score (nSPS) is 12.7. The van der Waals surface area contributed by atoms with Gasteiger partial charge in [0.05, 0.1) is 23.5 Å². The number of sulfone groups is 1. The summed E-state index contributed by atoms with van der Waals surface area (Å²) in [5, 5.41) is 2.70. The largest absolute Gasteiger partial charge is 0.370 e. The summed E-state index contributed by atoms with van der Waals surface area (Å²) in [5.41, 5.74) is 6.72. The van der Waals surface area contributed by atoms with Gasteiger partial charge in [-0.2, -0.15) is 0 Å². The standard InChI is InChI=1S/C9H17N5O2S/c1-7-8(14-6-13-7)5-17(15,16)4-3-12-9(10)11-2/h6H,3-5H2,1-2H3,(H,13,14)(H3,10,11,12). The number of guanidine groups is 1. The fourth-order valence-electron chi connectivity index (χ4n) is 1.23. The zero-order chi connectivity index (χ0) is 12.9. The highest BCUT2D eigenvalue weighted by atomic mass is 32.2. The highest BCUT2D eigenvalue weighted by Crippen LogP contribution is 2.06. The third kappa shape index (κ3) is 4.43. The molecule has 0 saturated carbocycles. The van der Waals surface area contributed by atoms with Crippen molar-refractivity contribution in [1.82, 2.24) is 15.3 Å². The summed E-state index contributed by atoms with van der Waals surface area (Å²) < 4.78 is 23.5. The SMILES string of the molecule is CN=C(N)NCCS(=O)(=O)Cc1nc[nH]c1C. The maximum atomic E-state index is 11.7. The molecule has 96 valence electrons. The molecule has 0 unspecified atom stereocenters. The van der Waals surface area contributed by atoms with Gasteiger partial charge >= 0.3 is 0 Å². The van der Waals surface area contributed by atoms with Gasteiger partial charge in [-0.1, -0.05) is 0 Å². The molecule has 1 rings (SSSR count). The molecule has 0 radical (unpaired) electrons.